The Kier molecular flexibility index (Phi) is 9.15. The van der Waals surface area contributed by atoms with Gasteiger partial charge in [0.25, 0.3) is 5.91 Å². The monoisotopic (exact) mass is 747 g/mol. The summed E-state index contributed by atoms with van der Waals surface area (Å²) in [5.41, 5.74) is 18.0. The maximum Gasteiger partial charge on any atom is 0.324 e. The summed E-state index contributed by atoms with van der Waals surface area (Å²) in [6, 6.07) is 13.2. The lowest BCUT2D eigenvalue weighted by Crippen LogP contribution is -2.59. The van der Waals surface area contributed by atoms with E-state index in [1.165, 1.54) is 23.4 Å². The van der Waals surface area contributed by atoms with E-state index in [1.807, 2.05) is 12.3 Å². The molecule has 290 valence electrons. The SMILES string of the molecule is CCc1c2n3c4cc(ccc14)-c1cc(O)cc(c1)C[C@H](N)C(=O)N1CCC[C@H](N1)C(=O)OCC(C)(C)C3[C@H](OC)c1ncc(N3CCN(C4CC4)CC3)cc1-2. The highest BCUT2D eigenvalue weighted by Crippen LogP contribution is 2.54. The molecular formula is C43H53N7O5. The number of phenols is 1. The van der Waals surface area contributed by atoms with Gasteiger partial charge in [0, 0.05) is 67.8 Å². The van der Waals surface area contributed by atoms with Gasteiger partial charge in [0.15, 0.2) is 0 Å². The van der Waals surface area contributed by atoms with Gasteiger partial charge in [-0.1, -0.05) is 39.0 Å². The Morgan fingerprint density at radius 3 is 2.56 bits per heavy atom. The molecule has 5 aliphatic rings. The predicted octanol–water partition coefficient (Wildman–Crippen LogP) is 5.11. The molecule has 4 atom stereocenters. The smallest absolute Gasteiger partial charge is 0.324 e. The summed E-state index contributed by atoms with van der Waals surface area (Å²) < 4.78 is 15.1. The number of pyridine rings is 1. The Morgan fingerprint density at radius 2 is 1.82 bits per heavy atom. The van der Waals surface area contributed by atoms with Crippen LogP contribution >= 0.6 is 0 Å². The highest BCUT2D eigenvalue weighted by atomic mass is 16.5. The number of anilines is 1. The number of hydrogen-bond donors (Lipinski definition) is 3. The number of hydrazine groups is 1. The number of benzene rings is 2. The lowest BCUT2D eigenvalue weighted by atomic mass is 9.77. The average Bonchev–Trinajstić information content (AvgIpc) is 4.00. The van der Waals surface area contributed by atoms with E-state index in [9.17, 15) is 14.7 Å². The van der Waals surface area contributed by atoms with E-state index in [2.05, 4.69) is 64.8 Å². The number of aromatic nitrogens is 2. The zero-order valence-corrected chi connectivity index (χ0v) is 32.4. The summed E-state index contributed by atoms with van der Waals surface area (Å²) in [7, 11) is 1.74. The van der Waals surface area contributed by atoms with E-state index >= 15 is 0 Å². The number of ether oxygens (including phenoxy) is 2. The number of fused-ring (bicyclic) bond motifs is 8. The van der Waals surface area contributed by atoms with Gasteiger partial charge < -0.3 is 29.8 Å². The Labute approximate surface area is 322 Å². The molecule has 3 fully saturated rings. The van der Waals surface area contributed by atoms with E-state index in [0.717, 1.165) is 88.9 Å². The van der Waals surface area contributed by atoms with E-state index in [4.69, 9.17) is 20.2 Å². The number of nitrogens with zero attached hydrogens (tertiary/aromatic N) is 5. The standard InChI is InChI=1S/C43H53N7O5/c1-5-31-32-11-8-26-21-36(32)50-38(31)33-22-29(48-15-13-47(14-16-48)28-9-10-28)23-45-37(33)39(54-4)40(50)43(2,3)24-55-42(53)35-7-6-12-49(46-35)41(52)34(44)19-25-17-27(26)20-30(51)18-25/h8,11,17-18,20-23,28,34-35,39-40,46,51H,5-7,9-10,12-16,19,24,44H2,1-4H3/t34-,35-,39+,40?/m0/s1. The van der Waals surface area contributed by atoms with Crippen molar-refractivity contribution in [2.24, 2.45) is 11.1 Å². The third-order valence-corrected chi connectivity index (χ3v) is 12.7. The number of cyclic esters (lactones) is 1. The minimum atomic E-state index is -0.866. The first-order valence-corrected chi connectivity index (χ1v) is 20.1. The molecule has 0 radical (unpaired) electrons. The van der Waals surface area contributed by atoms with Crippen LogP contribution in [0.2, 0.25) is 0 Å². The Bertz CT molecular complexity index is 2150. The summed E-state index contributed by atoms with van der Waals surface area (Å²) >= 11 is 0. The fourth-order valence-electron chi connectivity index (χ4n) is 9.68. The molecule has 1 saturated carbocycles. The molecule has 1 unspecified atom stereocenters. The van der Waals surface area contributed by atoms with E-state index in [0.29, 0.717) is 19.4 Å². The highest BCUT2D eigenvalue weighted by Gasteiger charge is 2.47. The quantitative estimate of drug-likeness (QED) is 0.242. The summed E-state index contributed by atoms with van der Waals surface area (Å²) in [4.78, 5) is 37.6. The number of carbonyl (C=O) groups excluding carboxylic acids is 2. The van der Waals surface area contributed by atoms with Crippen LogP contribution in [-0.2, 0) is 31.9 Å². The number of phenolic OH excluding ortho intramolecular Hbond substituents is 1. The number of aromatic hydroxyl groups is 1. The number of nitrogens with two attached hydrogens (primary N) is 1. The van der Waals surface area contributed by atoms with Crippen LogP contribution in [-0.4, -0.2) is 101 Å². The number of piperazine rings is 1. The first kappa shape index (κ1) is 36.2. The lowest BCUT2D eigenvalue weighted by Gasteiger charge is -2.44. The lowest BCUT2D eigenvalue weighted by molar-refractivity contribution is -0.156. The summed E-state index contributed by atoms with van der Waals surface area (Å²) in [5.74, 6) is -0.597. The largest absolute Gasteiger partial charge is 0.508 e. The first-order chi connectivity index (χ1) is 26.5. The van der Waals surface area contributed by atoms with Gasteiger partial charge in [0.1, 0.15) is 17.9 Å². The van der Waals surface area contributed by atoms with E-state index in [-0.39, 0.29) is 30.7 Å². The van der Waals surface area contributed by atoms with E-state index in [1.54, 1.807) is 19.2 Å². The predicted molar refractivity (Wildman–Crippen MR) is 212 cm³/mol. The summed E-state index contributed by atoms with van der Waals surface area (Å²) in [6.45, 7) is 11.1. The highest BCUT2D eigenvalue weighted by molar-refractivity contribution is 5.96. The van der Waals surface area contributed by atoms with Crippen LogP contribution in [0.3, 0.4) is 0 Å². The maximum absolute atomic E-state index is 13.8. The summed E-state index contributed by atoms with van der Waals surface area (Å²) in [5, 5.41) is 13.6. The van der Waals surface area contributed by atoms with Gasteiger partial charge in [0.05, 0.1) is 42.0 Å². The molecule has 2 aromatic carbocycles. The van der Waals surface area contributed by atoms with Gasteiger partial charge in [-0.25, -0.2) is 5.43 Å². The second-order valence-corrected chi connectivity index (χ2v) is 16.9. The third-order valence-electron chi connectivity index (χ3n) is 12.7. The first-order valence-electron chi connectivity index (χ1n) is 20.1. The van der Waals surface area contributed by atoms with Gasteiger partial charge in [0.2, 0.25) is 0 Å². The molecule has 6 heterocycles. The minimum absolute atomic E-state index is 0.107. The van der Waals surface area contributed by atoms with Crippen molar-refractivity contribution in [2.75, 3.05) is 51.3 Å². The number of nitrogens with one attached hydrogen (secondary N) is 1. The van der Waals surface area contributed by atoms with Crippen molar-refractivity contribution in [3.05, 3.63) is 65.5 Å². The number of hydrogen-bond acceptors (Lipinski definition) is 10. The van der Waals surface area contributed by atoms with E-state index < -0.39 is 29.6 Å². The van der Waals surface area contributed by atoms with Crippen molar-refractivity contribution in [3.8, 4) is 28.1 Å². The second kappa shape index (κ2) is 13.9. The number of carbonyl (C=O) groups is 2. The van der Waals surface area contributed by atoms with Crippen molar-refractivity contribution in [3.63, 3.8) is 0 Å². The Balaban J connectivity index is 1.22. The fraction of sp³-hybridized carbons (Fsp3) is 0.512. The second-order valence-electron chi connectivity index (χ2n) is 16.9. The maximum atomic E-state index is 13.8. The minimum Gasteiger partial charge on any atom is -0.508 e. The fourth-order valence-corrected chi connectivity index (χ4v) is 9.68. The van der Waals surface area contributed by atoms with Crippen LogP contribution in [0.1, 0.15) is 75.4 Å². The third kappa shape index (κ3) is 6.36. The Hall–Kier alpha value is -4.49. The van der Waals surface area contributed by atoms with Crippen LogP contribution < -0.4 is 16.1 Å². The zero-order valence-electron chi connectivity index (χ0n) is 32.4. The molecule has 4 aliphatic heterocycles. The normalized spacial score (nSPS) is 25.8. The van der Waals surface area contributed by atoms with Crippen LogP contribution in [0.5, 0.6) is 5.75 Å². The number of methoxy groups -OCH3 is 1. The topological polar surface area (TPSA) is 138 Å². The number of aryl methyl sites for hydroxylation is 1. The molecule has 4 aromatic rings. The number of amides is 1. The molecule has 9 rings (SSSR count). The van der Waals surface area contributed by atoms with Crippen LogP contribution in [0.4, 0.5) is 5.69 Å². The molecule has 2 aromatic heterocycles. The average molecular weight is 748 g/mol. The van der Waals surface area contributed by atoms with Crippen molar-refractivity contribution < 1.29 is 24.2 Å². The molecule has 6 bridgehead atoms. The van der Waals surface area contributed by atoms with Crippen molar-refractivity contribution in [2.45, 2.75) is 89.6 Å². The molecule has 1 amide bonds. The number of esters is 1. The number of rotatable bonds is 4. The Morgan fingerprint density at radius 1 is 1.02 bits per heavy atom. The van der Waals surface area contributed by atoms with Crippen molar-refractivity contribution in [1.29, 1.82) is 0 Å². The molecule has 1 aliphatic carbocycles. The molecule has 4 N–H and O–H groups in total. The molecule has 12 nitrogen and oxygen atoms in total. The van der Waals surface area contributed by atoms with Crippen LogP contribution in [0, 0.1) is 5.41 Å². The molecule has 12 heteroatoms. The van der Waals surface area contributed by atoms with Crippen LogP contribution in [0.15, 0.2) is 48.7 Å². The van der Waals surface area contributed by atoms with Gasteiger partial charge in [-0.3, -0.25) is 24.5 Å². The molecule has 2 saturated heterocycles. The molecule has 55 heavy (non-hydrogen) atoms. The van der Waals surface area contributed by atoms with Gasteiger partial charge >= 0.3 is 5.97 Å². The summed E-state index contributed by atoms with van der Waals surface area (Å²) in [6.07, 6.45) is 6.42. The van der Waals surface area contributed by atoms with Gasteiger partial charge in [-0.05, 0) is 85.0 Å². The van der Waals surface area contributed by atoms with Gasteiger partial charge in [-0.2, -0.15) is 0 Å². The van der Waals surface area contributed by atoms with Crippen molar-refractivity contribution in [1.82, 2.24) is 24.9 Å². The molecular weight excluding hydrogens is 695 g/mol. The zero-order chi connectivity index (χ0) is 38.2. The van der Waals surface area contributed by atoms with Crippen molar-refractivity contribution >= 4 is 28.5 Å². The molecule has 0 spiro atoms. The van der Waals surface area contributed by atoms with Crippen LogP contribution in [0.25, 0.3) is 33.3 Å². The van der Waals surface area contributed by atoms with Gasteiger partial charge in [-0.15, -0.1) is 0 Å².